The van der Waals surface area contributed by atoms with Gasteiger partial charge in [0.1, 0.15) is 0 Å². The number of anilines is 1. The maximum absolute atomic E-state index is 12.3. The SMILES string of the molecule is CC(C)CC(=O)Nc1ccc(Cl)c(C(=O)NCC2CCCN2)c1. The zero-order valence-corrected chi connectivity index (χ0v) is 14.4. The molecule has 126 valence electrons. The van der Waals surface area contributed by atoms with E-state index in [4.69, 9.17) is 11.6 Å². The molecule has 0 spiro atoms. The van der Waals surface area contributed by atoms with E-state index in [0.29, 0.717) is 35.3 Å². The predicted octanol–water partition coefficient (Wildman–Crippen LogP) is 2.81. The number of hydrogen-bond acceptors (Lipinski definition) is 3. The first-order valence-electron chi connectivity index (χ1n) is 8.06. The van der Waals surface area contributed by atoms with Crippen LogP contribution in [0.3, 0.4) is 0 Å². The second kappa shape index (κ2) is 8.31. The van der Waals surface area contributed by atoms with E-state index in [1.54, 1.807) is 18.2 Å². The number of rotatable bonds is 6. The van der Waals surface area contributed by atoms with E-state index in [1.807, 2.05) is 13.8 Å². The van der Waals surface area contributed by atoms with Crippen LogP contribution in [0.4, 0.5) is 5.69 Å². The van der Waals surface area contributed by atoms with Gasteiger partial charge in [-0.2, -0.15) is 0 Å². The summed E-state index contributed by atoms with van der Waals surface area (Å²) in [4.78, 5) is 24.1. The fraction of sp³-hybridized carbons (Fsp3) is 0.529. The summed E-state index contributed by atoms with van der Waals surface area (Å²) < 4.78 is 0. The lowest BCUT2D eigenvalue weighted by Gasteiger charge is -2.13. The third-order valence-corrected chi connectivity index (χ3v) is 4.09. The number of carbonyl (C=O) groups excluding carboxylic acids is 2. The van der Waals surface area contributed by atoms with Crippen LogP contribution < -0.4 is 16.0 Å². The third-order valence-electron chi connectivity index (χ3n) is 3.76. The topological polar surface area (TPSA) is 70.2 Å². The molecule has 6 heteroatoms. The number of nitrogens with one attached hydrogen (secondary N) is 3. The van der Waals surface area contributed by atoms with Gasteiger partial charge in [-0.15, -0.1) is 0 Å². The molecule has 1 aliphatic heterocycles. The molecule has 23 heavy (non-hydrogen) atoms. The summed E-state index contributed by atoms with van der Waals surface area (Å²) in [6.07, 6.45) is 2.65. The summed E-state index contributed by atoms with van der Waals surface area (Å²) in [6, 6.07) is 5.29. The predicted molar refractivity (Wildman–Crippen MR) is 92.9 cm³/mol. The molecule has 1 aromatic carbocycles. The number of halogens is 1. The van der Waals surface area contributed by atoms with Crippen LogP contribution in [-0.4, -0.2) is 30.9 Å². The van der Waals surface area contributed by atoms with Crippen molar-refractivity contribution in [3.8, 4) is 0 Å². The molecule has 5 nitrogen and oxygen atoms in total. The smallest absolute Gasteiger partial charge is 0.252 e. The van der Waals surface area contributed by atoms with Crippen LogP contribution in [0.25, 0.3) is 0 Å². The van der Waals surface area contributed by atoms with E-state index in [-0.39, 0.29) is 17.7 Å². The summed E-state index contributed by atoms with van der Waals surface area (Å²) in [5.74, 6) is -0.00326. The molecule has 0 radical (unpaired) electrons. The van der Waals surface area contributed by atoms with Gasteiger partial charge in [0.15, 0.2) is 0 Å². The summed E-state index contributed by atoms with van der Waals surface area (Å²) in [5.41, 5.74) is 0.969. The Morgan fingerprint density at radius 3 is 2.83 bits per heavy atom. The normalized spacial score (nSPS) is 17.3. The third kappa shape index (κ3) is 5.52. The van der Waals surface area contributed by atoms with Gasteiger partial charge in [-0.25, -0.2) is 0 Å². The molecule has 0 bridgehead atoms. The number of benzene rings is 1. The van der Waals surface area contributed by atoms with Gasteiger partial charge < -0.3 is 16.0 Å². The Hall–Kier alpha value is -1.59. The van der Waals surface area contributed by atoms with Gasteiger partial charge in [-0.3, -0.25) is 9.59 Å². The molecule has 0 aromatic heterocycles. The molecule has 1 aliphatic rings. The van der Waals surface area contributed by atoms with Gasteiger partial charge >= 0.3 is 0 Å². The molecular weight excluding hydrogens is 314 g/mol. The molecule has 1 saturated heterocycles. The Balaban J connectivity index is 1.98. The monoisotopic (exact) mass is 337 g/mol. The van der Waals surface area contributed by atoms with Gasteiger partial charge in [0, 0.05) is 24.7 Å². The van der Waals surface area contributed by atoms with E-state index >= 15 is 0 Å². The molecule has 1 atom stereocenters. The van der Waals surface area contributed by atoms with Crippen LogP contribution in [-0.2, 0) is 4.79 Å². The van der Waals surface area contributed by atoms with Crippen LogP contribution in [0.2, 0.25) is 5.02 Å². The number of carbonyl (C=O) groups is 2. The van der Waals surface area contributed by atoms with Gasteiger partial charge in [-0.1, -0.05) is 25.4 Å². The minimum atomic E-state index is -0.219. The highest BCUT2D eigenvalue weighted by Crippen LogP contribution is 2.21. The van der Waals surface area contributed by atoms with E-state index in [9.17, 15) is 9.59 Å². The maximum Gasteiger partial charge on any atom is 0.252 e. The average Bonchev–Trinajstić information content (AvgIpc) is 2.99. The van der Waals surface area contributed by atoms with E-state index in [1.165, 1.54) is 0 Å². The second-order valence-electron chi connectivity index (χ2n) is 6.34. The number of hydrogen-bond donors (Lipinski definition) is 3. The van der Waals surface area contributed by atoms with E-state index in [0.717, 1.165) is 19.4 Å². The molecule has 1 aromatic rings. The van der Waals surface area contributed by atoms with Crippen LogP contribution in [0.1, 0.15) is 43.5 Å². The van der Waals surface area contributed by atoms with Gasteiger partial charge in [0.2, 0.25) is 5.91 Å². The van der Waals surface area contributed by atoms with Crippen molar-refractivity contribution in [3.05, 3.63) is 28.8 Å². The van der Waals surface area contributed by atoms with Crippen LogP contribution in [0, 0.1) is 5.92 Å². The Bertz CT molecular complexity index is 569. The van der Waals surface area contributed by atoms with Crippen molar-refractivity contribution in [1.29, 1.82) is 0 Å². The zero-order valence-electron chi connectivity index (χ0n) is 13.6. The van der Waals surface area contributed by atoms with Gasteiger partial charge in [0.25, 0.3) is 5.91 Å². The molecule has 2 rings (SSSR count). The molecule has 2 amide bonds. The Morgan fingerprint density at radius 1 is 1.39 bits per heavy atom. The fourth-order valence-electron chi connectivity index (χ4n) is 2.60. The summed E-state index contributed by atoms with van der Waals surface area (Å²) in [5, 5.41) is 9.41. The highest BCUT2D eigenvalue weighted by atomic mass is 35.5. The Kier molecular flexibility index (Phi) is 6.42. The molecule has 0 aliphatic carbocycles. The van der Waals surface area contributed by atoms with E-state index < -0.39 is 0 Å². The first-order chi connectivity index (χ1) is 11.0. The minimum Gasteiger partial charge on any atom is -0.350 e. The number of amides is 2. The lowest BCUT2D eigenvalue weighted by Crippen LogP contribution is -2.37. The first kappa shape index (κ1) is 17.8. The Labute approximate surface area is 142 Å². The van der Waals surface area contributed by atoms with Crippen LogP contribution >= 0.6 is 11.6 Å². The van der Waals surface area contributed by atoms with Crippen molar-refractivity contribution in [2.45, 2.75) is 39.2 Å². The molecule has 0 saturated carbocycles. The quantitative estimate of drug-likeness (QED) is 0.747. The van der Waals surface area contributed by atoms with Crippen LogP contribution in [0.15, 0.2) is 18.2 Å². The van der Waals surface area contributed by atoms with Crippen molar-refractivity contribution in [2.75, 3.05) is 18.4 Å². The lowest BCUT2D eigenvalue weighted by atomic mass is 10.1. The van der Waals surface area contributed by atoms with Gasteiger partial charge in [0.05, 0.1) is 10.6 Å². The molecular formula is C17H24ClN3O2. The maximum atomic E-state index is 12.3. The molecule has 3 N–H and O–H groups in total. The average molecular weight is 338 g/mol. The van der Waals surface area contributed by atoms with Crippen LogP contribution in [0.5, 0.6) is 0 Å². The van der Waals surface area contributed by atoms with Crippen molar-refractivity contribution < 1.29 is 9.59 Å². The molecule has 1 unspecified atom stereocenters. The highest BCUT2D eigenvalue weighted by molar-refractivity contribution is 6.34. The first-order valence-corrected chi connectivity index (χ1v) is 8.44. The van der Waals surface area contributed by atoms with Gasteiger partial charge in [-0.05, 0) is 43.5 Å². The van der Waals surface area contributed by atoms with Crippen molar-refractivity contribution in [1.82, 2.24) is 10.6 Å². The van der Waals surface area contributed by atoms with Crippen molar-refractivity contribution >= 4 is 29.1 Å². The zero-order chi connectivity index (χ0) is 16.8. The minimum absolute atomic E-state index is 0.0659. The summed E-state index contributed by atoms with van der Waals surface area (Å²) in [7, 11) is 0. The standard InChI is InChI=1S/C17H24ClN3O2/c1-11(2)8-16(22)21-12-5-6-15(18)14(9-12)17(23)20-10-13-4-3-7-19-13/h5-6,9,11,13,19H,3-4,7-8,10H2,1-2H3,(H,20,23)(H,21,22). The molecule has 1 heterocycles. The van der Waals surface area contributed by atoms with E-state index in [2.05, 4.69) is 16.0 Å². The second-order valence-corrected chi connectivity index (χ2v) is 6.75. The molecule has 1 fully saturated rings. The lowest BCUT2D eigenvalue weighted by molar-refractivity contribution is -0.116. The van der Waals surface area contributed by atoms with Crippen molar-refractivity contribution in [3.63, 3.8) is 0 Å². The fourth-order valence-corrected chi connectivity index (χ4v) is 2.81. The highest BCUT2D eigenvalue weighted by Gasteiger charge is 2.17. The Morgan fingerprint density at radius 2 is 2.17 bits per heavy atom. The summed E-state index contributed by atoms with van der Waals surface area (Å²) in [6.45, 7) is 5.55. The van der Waals surface area contributed by atoms with Crippen molar-refractivity contribution in [2.24, 2.45) is 5.92 Å². The summed E-state index contributed by atoms with van der Waals surface area (Å²) >= 11 is 6.12. The largest absolute Gasteiger partial charge is 0.350 e.